The first kappa shape index (κ1) is 35.3. The lowest BCUT2D eigenvalue weighted by molar-refractivity contribution is 1.45. The maximum absolute atomic E-state index is 4.65. The second kappa shape index (κ2) is 14.6. The molecule has 0 N–H and O–H groups in total. The number of thiophene rings is 1. The Morgan fingerprint density at radius 2 is 0.607 bits per heavy atom. The van der Waals surface area contributed by atoms with Gasteiger partial charge in [-0.3, -0.25) is 0 Å². The van der Waals surface area contributed by atoms with Crippen LogP contribution in [0.15, 0.2) is 225 Å². The molecule has 2 heterocycles. The molecule has 0 amide bonds. The fourth-order valence-electron chi connectivity index (χ4n) is 9.33. The Morgan fingerprint density at radius 3 is 1.10 bits per heavy atom. The highest BCUT2D eigenvalue weighted by molar-refractivity contribution is 7.26. The summed E-state index contributed by atoms with van der Waals surface area (Å²) in [6, 6.07) is 80.1. The van der Waals surface area contributed by atoms with E-state index in [0.29, 0.717) is 0 Å². The molecule has 0 fully saturated rings. The molecule has 0 unspecified atom stereocenters. The predicted octanol–water partition coefficient (Wildman–Crippen LogP) is 16.9. The van der Waals surface area contributed by atoms with Gasteiger partial charge in [-0.1, -0.05) is 170 Å². The molecule has 61 heavy (non-hydrogen) atoms. The summed E-state index contributed by atoms with van der Waals surface area (Å²) in [5, 5.41) is 10.3. The highest BCUT2D eigenvalue weighted by atomic mass is 32.1. The SMILES string of the molecule is c1cc(-c2cccc(-c3cccc(-c4ccc5c6ccccc6c6ccccc6c5c4)c3)c2)cc(-c2cccc(-c3cccc(-c4cccc5c4sc4ncccc45)c3)c2)c1. The number of pyridine rings is 1. The summed E-state index contributed by atoms with van der Waals surface area (Å²) in [6.45, 7) is 0. The molecule has 284 valence electrons. The van der Waals surface area contributed by atoms with E-state index < -0.39 is 0 Å². The van der Waals surface area contributed by atoms with Gasteiger partial charge in [0.2, 0.25) is 0 Å². The van der Waals surface area contributed by atoms with Gasteiger partial charge in [-0.05, 0) is 148 Å². The van der Waals surface area contributed by atoms with Crippen LogP contribution in [0, 0.1) is 0 Å². The standard InChI is InChI=1S/C59H37NS/c1-2-24-52-50(22-1)51-23-3-4-25-53(51)57-37-47(29-30-54(52)57)45-19-8-17-43(35-45)41-15-6-13-39(33-41)38-12-5-14-40(32-38)42-16-7-18-44(34-42)46-20-9-21-48(36-46)49-26-10-27-55-56-28-11-31-60-59(56)61-58(49)55/h1-37H. The Morgan fingerprint density at radius 1 is 0.246 bits per heavy atom. The number of benzene rings is 10. The van der Waals surface area contributed by atoms with Crippen LogP contribution in [0.4, 0.5) is 0 Å². The zero-order valence-corrected chi connectivity index (χ0v) is 34.0. The van der Waals surface area contributed by atoms with Gasteiger partial charge >= 0.3 is 0 Å². The van der Waals surface area contributed by atoms with Gasteiger partial charge < -0.3 is 0 Å². The minimum absolute atomic E-state index is 1.08. The number of rotatable bonds is 6. The topological polar surface area (TPSA) is 12.9 Å². The van der Waals surface area contributed by atoms with E-state index in [4.69, 9.17) is 0 Å². The van der Waals surface area contributed by atoms with Crippen molar-refractivity contribution < 1.29 is 0 Å². The van der Waals surface area contributed by atoms with Crippen molar-refractivity contribution in [1.29, 1.82) is 0 Å². The monoisotopic (exact) mass is 791 g/mol. The predicted molar refractivity (Wildman–Crippen MR) is 262 cm³/mol. The summed E-state index contributed by atoms with van der Waals surface area (Å²) in [7, 11) is 0. The average molecular weight is 792 g/mol. The maximum Gasteiger partial charge on any atom is 0.124 e. The van der Waals surface area contributed by atoms with Crippen molar-refractivity contribution in [3.63, 3.8) is 0 Å². The minimum Gasteiger partial charge on any atom is -0.245 e. The van der Waals surface area contributed by atoms with Gasteiger partial charge in [-0.15, -0.1) is 11.3 Å². The van der Waals surface area contributed by atoms with Crippen LogP contribution in [0.2, 0.25) is 0 Å². The van der Waals surface area contributed by atoms with Gasteiger partial charge in [0.05, 0.1) is 0 Å². The van der Waals surface area contributed by atoms with Gasteiger partial charge in [0.1, 0.15) is 4.83 Å². The van der Waals surface area contributed by atoms with Gasteiger partial charge in [0, 0.05) is 21.7 Å². The van der Waals surface area contributed by atoms with Crippen molar-refractivity contribution in [2.45, 2.75) is 0 Å². The van der Waals surface area contributed by atoms with Crippen molar-refractivity contribution in [2.75, 3.05) is 0 Å². The van der Waals surface area contributed by atoms with Crippen LogP contribution in [0.5, 0.6) is 0 Å². The van der Waals surface area contributed by atoms with E-state index in [9.17, 15) is 0 Å². The van der Waals surface area contributed by atoms with E-state index in [1.54, 1.807) is 11.3 Å². The molecule has 0 atom stereocenters. The van der Waals surface area contributed by atoms with Crippen LogP contribution in [0.1, 0.15) is 0 Å². The third-order valence-electron chi connectivity index (χ3n) is 12.3. The fourth-order valence-corrected chi connectivity index (χ4v) is 10.5. The zero-order valence-electron chi connectivity index (χ0n) is 33.2. The Labute approximate surface area is 358 Å². The third-order valence-corrected chi connectivity index (χ3v) is 13.5. The minimum atomic E-state index is 1.08. The van der Waals surface area contributed by atoms with Crippen LogP contribution in [-0.4, -0.2) is 4.98 Å². The molecular weight excluding hydrogens is 755 g/mol. The van der Waals surface area contributed by atoms with Gasteiger partial charge in [-0.2, -0.15) is 0 Å². The molecule has 2 heteroatoms. The van der Waals surface area contributed by atoms with E-state index >= 15 is 0 Å². The summed E-state index contributed by atoms with van der Waals surface area (Å²) in [6.07, 6.45) is 1.88. The van der Waals surface area contributed by atoms with E-state index in [0.717, 1.165) is 4.83 Å². The first-order chi connectivity index (χ1) is 30.2. The highest BCUT2D eigenvalue weighted by Crippen LogP contribution is 2.41. The molecule has 0 radical (unpaired) electrons. The van der Waals surface area contributed by atoms with Crippen molar-refractivity contribution >= 4 is 64.0 Å². The molecule has 0 saturated heterocycles. The van der Waals surface area contributed by atoms with Crippen LogP contribution < -0.4 is 0 Å². The normalized spacial score (nSPS) is 11.6. The van der Waals surface area contributed by atoms with Gasteiger partial charge in [0.25, 0.3) is 0 Å². The van der Waals surface area contributed by atoms with Crippen LogP contribution in [-0.2, 0) is 0 Å². The summed E-state index contributed by atoms with van der Waals surface area (Å²) in [4.78, 5) is 5.73. The number of nitrogens with zero attached hydrogens (tertiary/aromatic N) is 1. The third kappa shape index (κ3) is 6.20. The number of fused-ring (bicyclic) bond motifs is 9. The molecule has 0 aliphatic rings. The van der Waals surface area contributed by atoms with E-state index in [2.05, 4.69) is 217 Å². The van der Waals surface area contributed by atoms with Crippen LogP contribution in [0.25, 0.3) is 119 Å². The lowest BCUT2D eigenvalue weighted by atomic mass is 9.91. The molecule has 1 nitrogen and oxygen atoms in total. The Kier molecular flexibility index (Phi) is 8.43. The molecule has 2 aromatic heterocycles. The second-order valence-corrected chi connectivity index (χ2v) is 16.9. The molecular formula is C59H37NS. The first-order valence-electron chi connectivity index (χ1n) is 20.8. The van der Waals surface area contributed by atoms with Crippen molar-refractivity contribution in [2.24, 2.45) is 0 Å². The Balaban J connectivity index is 0.855. The molecule has 0 saturated carbocycles. The molecule has 0 aliphatic carbocycles. The molecule has 0 bridgehead atoms. The van der Waals surface area contributed by atoms with Crippen molar-refractivity contribution in [1.82, 2.24) is 4.98 Å². The largest absolute Gasteiger partial charge is 0.245 e. The summed E-state index contributed by atoms with van der Waals surface area (Å²) < 4.78 is 1.28. The van der Waals surface area contributed by atoms with E-state index in [1.165, 1.54) is 115 Å². The summed E-state index contributed by atoms with van der Waals surface area (Å²) >= 11 is 1.77. The van der Waals surface area contributed by atoms with Crippen molar-refractivity contribution in [3.05, 3.63) is 225 Å². The lowest BCUT2D eigenvalue weighted by Crippen LogP contribution is -1.86. The van der Waals surface area contributed by atoms with E-state index in [1.807, 2.05) is 12.3 Å². The average Bonchev–Trinajstić information content (AvgIpc) is 3.73. The fraction of sp³-hybridized carbons (Fsp3) is 0. The number of hydrogen-bond acceptors (Lipinski definition) is 2. The number of hydrogen-bond donors (Lipinski definition) is 0. The second-order valence-electron chi connectivity index (χ2n) is 15.9. The van der Waals surface area contributed by atoms with Crippen LogP contribution in [0.3, 0.4) is 0 Å². The first-order valence-corrected chi connectivity index (χ1v) is 21.7. The lowest BCUT2D eigenvalue weighted by Gasteiger charge is -2.13. The van der Waals surface area contributed by atoms with Gasteiger partial charge in [0.15, 0.2) is 0 Å². The summed E-state index contributed by atoms with van der Waals surface area (Å²) in [5.74, 6) is 0. The number of aromatic nitrogens is 1. The van der Waals surface area contributed by atoms with Gasteiger partial charge in [-0.25, -0.2) is 4.98 Å². The van der Waals surface area contributed by atoms with Crippen molar-refractivity contribution in [3.8, 4) is 66.8 Å². The van der Waals surface area contributed by atoms with Crippen LogP contribution >= 0.6 is 11.3 Å². The Bertz CT molecular complexity index is 3630. The molecule has 12 aromatic rings. The summed E-state index contributed by atoms with van der Waals surface area (Å²) in [5.41, 5.74) is 14.5. The van der Waals surface area contributed by atoms with E-state index in [-0.39, 0.29) is 0 Å². The molecule has 10 aromatic carbocycles. The quantitative estimate of drug-likeness (QED) is 0.153. The molecule has 0 spiro atoms. The molecule has 0 aliphatic heterocycles. The Hall–Kier alpha value is -7.65. The smallest absolute Gasteiger partial charge is 0.124 e. The molecule has 12 rings (SSSR count). The zero-order chi connectivity index (χ0) is 40.3. The maximum atomic E-state index is 4.65. The highest BCUT2D eigenvalue weighted by Gasteiger charge is 2.14.